The number of piperidine rings is 2. The van der Waals surface area contributed by atoms with Gasteiger partial charge < -0.3 is 19.9 Å². The molecule has 1 aromatic heterocycles. The average Bonchev–Trinajstić information content (AvgIpc) is 2.67. The lowest BCUT2D eigenvalue weighted by Crippen LogP contribution is -2.60. The van der Waals surface area contributed by atoms with E-state index >= 15 is 0 Å². The minimum Gasteiger partial charge on any atom is -0.460 e. The van der Waals surface area contributed by atoms with Crippen LogP contribution in [0.4, 0.5) is 5.95 Å². The topological polar surface area (TPSA) is 136 Å². The van der Waals surface area contributed by atoms with Crippen LogP contribution < -0.4 is 14.8 Å². The summed E-state index contributed by atoms with van der Waals surface area (Å²) in [5, 5.41) is 39.8. The molecule has 0 amide bonds. The van der Waals surface area contributed by atoms with E-state index in [1.165, 1.54) is 0 Å². The third kappa shape index (κ3) is 5.88. The number of aromatic nitrogens is 3. The van der Waals surface area contributed by atoms with Gasteiger partial charge in [0.25, 0.3) is 0 Å². The fraction of sp³-hybridized carbons (Fsp3) is 0.870. The highest BCUT2D eigenvalue weighted by molar-refractivity contribution is 5.27. The molecule has 2 aliphatic heterocycles. The molecule has 0 bridgehead atoms. The Hall–Kier alpha value is -1.79. The summed E-state index contributed by atoms with van der Waals surface area (Å²) in [6.07, 6.45) is 1.55. The molecule has 2 saturated heterocycles. The maximum atomic E-state index is 12.7. The van der Waals surface area contributed by atoms with Gasteiger partial charge in [0, 0.05) is 54.4 Å². The summed E-state index contributed by atoms with van der Waals surface area (Å²) < 4.78 is 12.3. The van der Waals surface area contributed by atoms with E-state index in [-0.39, 0.29) is 43.3 Å². The number of hydrogen-bond acceptors (Lipinski definition) is 9. The van der Waals surface area contributed by atoms with Crippen LogP contribution in [0.1, 0.15) is 81.1 Å². The number of nitrogens with one attached hydrogen (secondary N) is 1. The van der Waals surface area contributed by atoms with Crippen LogP contribution in [0.5, 0.6) is 12.0 Å². The van der Waals surface area contributed by atoms with Crippen molar-refractivity contribution in [3.63, 3.8) is 0 Å². The molecule has 2 N–H and O–H groups in total. The van der Waals surface area contributed by atoms with Gasteiger partial charge in [0.1, 0.15) is 12.2 Å². The minimum atomic E-state index is -0.597. The second-order valence-corrected chi connectivity index (χ2v) is 12.0. The predicted octanol–water partition coefficient (Wildman–Crippen LogP) is 2.77. The van der Waals surface area contributed by atoms with Crippen molar-refractivity contribution in [1.29, 1.82) is 0 Å². The Morgan fingerprint density at radius 1 is 0.765 bits per heavy atom. The minimum absolute atomic E-state index is 0.0905. The first-order valence-corrected chi connectivity index (χ1v) is 11.9. The average molecular weight is 481 g/mol. The normalized spacial score (nSPS) is 25.1. The summed E-state index contributed by atoms with van der Waals surface area (Å²) >= 11 is 0. The summed E-state index contributed by atoms with van der Waals surface area (Å²) in [5.74, 6) is 0.230. The SMILES string of the molecule is CC1(C)CC(Oc2nc(NCCO)nc(OC3CC(C)(C)N([O])C(C)(C)C3)n2)CC(C)(C)N1[O]. The predicted molar refractivity (Wildman–Crippen MR) is 124 cm³/mol. The molecule has 0 atom stereocenters. The molecule has 11 nitrogen and oxygen atoms in total. The molecule has 0 aromatic carbocycles. The molecule has 2 radical (unpaired) electrons. The van der Waals surface area contributed by atoms with Crippen LogP contribution in [0.25, 0.3) is 0 Å². The van der Waals surface area contributed by atoms with Crippen molar-refractivity contribution in [2.75, 3.05) is 18.5 Å². The molecule has 3 rings (SSSR count). The van der Waals surface area contributed by atoms with Crippen LogP contribution in [0, 0.1) is 0 Å². The van der Waals surface area contributed by atoms with Gasteiger partial charge in [-0.05, 0) is 55.4 Å². The number of hydrogen-bond donors (Lipinski definition) is 2. The van der Waals surface area contributed by atoms with Gasteiger partial charge in [0.2, 0.25) is 5.95 Å². The highest BCUT2D eigenvalue weighted by Gasteiger charge is 2.48. The molecular weight excluding hydrogens is 440 g/mol. The first kappa shape index (κ1) is 26.8. The molecule has 0 saturated carbocycles. The fourth-order valence-corrected chi connectivity index (χ4v) is 5.50. The Labute approximate surface area is 202 Å². The lowest BCUT2D eigenvalue weighted by Gasteiger charge is -2.49. The Morgan fingerprint density at radius 3 is 1.44 bits per heavy atom. The Bertz CT molecular complexity index is 764. The van der Waals surface area contributed by atoms with Gasteiger partial charge in [0.15, 0.2) is 0 Å². The number of nitrogens with zero attached hydrogens (tertiary/aromatic N) is 5. The van der Waals surface area contributed by atoms with Gasteiger partial charge in [-0.3, -0.25) is 0 Å². The maximum absolute atomic E-state index is 12.7. The van der Waals surface area contributed by atoms with Crippen molar-refractivity contribution >= 4 is 5.95 Å². The molecule has 11 heteroatoms. The van der Waals surface area contributed by atoms with Crippen molar-refractivity contribution < 1.29 is 25.0 Å². The van der Waals surface area contributed by atoms with Crippen molar-refractivity contribution in [1.82, 2.24) is 25.1 Å². The van der Waals surface area contributed by atoms with Gasteiger partial charge in [-0.15, -0.1) is 25.5 Å². The van der Waals surface area contributed by atoms with Crippen molar-refractivity contribution in [3.8, 4) is 12.0 Å². The van der Waals surface area contributed by atoms with E-state index in [9.17, 15) is 15.5 Å². The van der Waals surface area contributed by atoms with Crippen LogP contribution >= 0.6 is 0 Å². The van der Waals surface area contributed by atoms with E-state index in [2.05, 4.69) is 20.3 Å². The molecular formula is C23H40N6O5. The summed E-state index contributed by atoms with van der Waals surface area (Å²) in [4.78, 5) is 13.1. The first-order valence-electron chi connectivity index (χ1n) is 11.9. The first-order chi connectivity index (χ1) is 15.6. The summed E-state index contributed by atoms with van der Waals surface area (Å²) in [7, 11) is 0. The maximum Gasteiger partial charge on any atom is 0.324 e. The standard InChI is InChI=1S/C23H40N6O5/c1-20(2)11-15(12-21(3,4)28(20)31)33-18-25-17(24-9-10-30)26-19(27-18)34-16-13-22(5,6)29(32)23(7,8)14-16/h15-16,30H,9-14H2,1-8H3,(H,24,25,26,27). The van der Waals surface area contributed by atoms with E-state index in [0.29, 0.717) is 25.7 Å². The molecule has 0 spiro atoms. The molecule has 0 aliphatic carbocycles. The van der Waals surface area contributed by atoms with E-state index in [0.717, 1.165) is 10.1 Å². The van der Waals surface area contributed by atoms with E-state index in [1.54, 1.807) is 0 Å². The van der Waals surface area contributed by atoms with Crippen LogP contribution in [0.15, 0.2) is 0 Å². The Balaban J connectivity index is 1.83. The molecule has 1 aromatic rings. The van der Waals surface area contributed by atoms with Gasteiger partial charge in [-0.2, -0.15) is 9.97 Å². The molecule has 2 aliphatic rings. The fourth-order valence-electron chi connectivity index (χ4n) is 5.50. The van der Waals surface area contributed by atoms with Crippen molar-refractivity contribution in [2.45, 2.75) is 115 Å². The molecule has 34 heavy (non-hydrogen) atoms. The van der Waals surface area contributed by atoms with Gasteiger partial charge in [-0.25, -0.2) is 0 Å². The monoisotopic (exact) mass is 480 g/mol. The highest BCUT2D eigenvalue weighted by Crippen LogP contribution is 2.40. The molecule has 0 unspecified atom stereocenters. The Kier molecular flexibility index (Phi) is 7.37. The van der Waals surface area contributed by atoms with E-state index in [1.807, 2.05) is 55.4 Å². The number of ether oxygens (including phenoxy) is 2. The third-order valence-electron chi connectivity index (χ3n) is 6.64. The lowest BCUT2D eigenvalue weighted by atomic mass is 9.80. The lowest BCUT2D eigenvalue weighted by molar-refractivity contribution is -0.297. The zero-order chi connectivity index (χ0) is 25.5. The second-order valence-electron chi connectivity index (χ2n) is 12.0. The molecule has 192 valence electrons. The van der Waals surface area contributed by atoms with Crippen molar-refractivity contribution in [2.24, 2.45) is 0 Å². The Morgan fingerprint density at radius 2 is 1.12 bits per heavy atom. The van der Waals surface area contributed by atoms with Gasteiger partial charge in [-0.1, -0.05) is 0 Å². The van der Waals surface area contributed by atoms with Crippen LogP contribution in [-0.4, -0.2) is 77.7 Å². The quantitative estimate of drug-likeness (QED) is 0.603. The van der Waals surface area contributed by atoms with Crippen LogP contribution in [0.3, 0.4) is 0 Å². The zero-order valence-electron chi connectivity index (χ0n) is 21.7. The smallest absolute Gasteiger partial charge is 0.324 e. The number of rotatable bonds is 7. The third-order valence-corrected chi connectivity index (χ3v) is 6.64. The zero-order valence-corrected chi connectivity index (χ0v) is 21.7. The largest absolute Gasteiger partial charge is 0.460 e. The van der Waals surface area contributed by atoms with Gasteiger partial charge >= 0.3 is 12.0 Å². The highest BCUT2D eigenvalue weighted by atomic mass is 16.5. The van der Waals surface area contributed by atoms with Crippen LogP contribution in [-0.2, 0) is 10.4 Å². The summed E-state index contributed by atoms with van der Waals surface area (Å²) in [6.45, 7) is 15.4. The van der Waals surface area contributed by atoms with E-state index in [4.69, 9.17) is 9.47 Å². The van der Waals surface area contributed by atoms with Gasteiger partial charge in [0.05, 0.1) is 6.61 Å². The number of anilines is 1. The second kappa shape index (κ2) is 9.34. The molecule has 3 heterocycles. The summed E-state index contributed by atoms with van der Waals surface area (Å²) in [6, 6.07) is 0.197. The van der Waals surface area contributed by atoms with E-state index < -0.39 is 22.2 Å². The number of aliphatic hydroxyl groups is 1. The van der Waals surface area contributed by atoms with Crippen molar-refractivity contribution in [3.05, 3.63) is 0 Å². The van der Waals surface area contributed by atoms with Crippen LogP contribution in [0.2, 0.25) is 0 Å². The number of aliphatic hydroxyl groups excluding tert-OH is 1. The number of hydroxylamine groups is 4. The molecule has 2 fully saturated rings. The summed E-state index contributed by atoms with van der Waals surface area (Å²) in [5.41, 5.74) is -2.39.